The van der Waals surface area contributed by atoms with Crippen LogP contribution in [0.15, 0.2) is 4.90 Å². The van der Waals surface area contributed by atoms with E-state index in [-0.39, 0.29) is 10.7 Å². The number of hydrogen-bond acceptors (Lipinski definition) is 4. The number of rotatable bonds is 5. The minimum Gasteiger partial charge on any atom is -0.381 e. The summed E-state index contributed by atoms with van der Waals surface area (Å²) in [7, 11) is -0.298. The van der Waals surface area contributed by atoms with Crippen LogP contribution in [-0.2, 0) is 17.1 Å². The molecule has 0 aliphatic rings. The van der Waals surface area contributed by atoms with Gasteiger partial charge in [-0.05, 0) is 19.3 Å². The first kappa shape index (κ1) is 15.0. The van der Waals surface area contributed by atoms with Gasteiger partial charge in [-0.2, -0.15) is 5.10 Å². The monoisotopic (exact) mass is 274 g/mol. The zero-order valence-electron chi connectivity index (χ0n) is 11.6. The molecule has 0 aliphatic carbocycles. The predicted octanol–water partition coefficient (Wildman–Crippen LogP) is 0.977. The number of hydrogen-bond donors (Lipinski definition) is 1. The Kier molecular flexibility index (Phi) is 4.39. The van der Waals surface area contributed by atoms with Crippen molar-refractivity contribution in [1.82, 2.24) is 14.1 Å². The Morgan fingerprint density at radius 1 is 1.44 bits per heavy atom. The molecule has 0 saturated carbocycles. The van der Waals surface area contributed by atoms with Crippen LogP contribution in [0.2, 0.25) is 0 Å². The molecule has 1 aromatic heterocycles. The first-order valence-electron chi connectivity index (χ1n) is 5.93. The summed E-state index contributed by atoms with van der Waals surface area (Å²) >= 11 is 0. The predicted molar refractivity (Wildman–Crippen MR) is 71.6 cm³/mol. The molecular formula is C11H22N4O2S. The molecule has 1 aromatic rings. The average Bonchev–Trinajstić information content (AvgIpc) is 2.49. The Hall–Kier alpha value is -1.08. The zero-order valence-corrected chi connectivity index (χ0v) is 12.5. The SMILES string of the molecule is Cc1c(S(=O)(=O)N(C)CCC(C)C)c(N)nn1C. The van der Waals surface area contributed by atoms with Gasteiger partial charge in [-0.3, -0.25) is 4.68 Å². The van der Waals surface area contributed by atoms with Crippen molar-refractivity contribution in [3.8, 4) is 0 Å². The second-order valence-electron chi connectivity index (χ2n) is 4.93. The van der Waals surface area contributed by atoms with Gasteiger partial charge in [0.1, 0.15) is 4.90 Å². The van der Waals surface area contributed by atoms with Gasteiger partial charge in [0.25, 0.3) is 0 Å². The van der Waals surface area contributed by atoms with Gasteiger partial charge in [0, 0.05) is 20.6 Å². The molecule has 0 aliphatic heterocycles. The van der Waals surface area contributed by atoms with Crippen LogP contribution in [0.1, 0.15) is 26.0 Å². The van der Waals surface area contributed by atoms with E-state index in [1.807, 2.05) is 0 Å². The molecule has 0 amide bonds. The summed E-state index contributed by atoms with van der Waals surface area (Å²) < 4.78 is 27.6. The highest BCUT2D eigenvalue weighted by Gasteiger charge is 2.28. The van der Waals surface area contributed by atoms with Gasteiger partial charge in [0.15, 0.2) is 5.82 Å². The maximum Gasteiger partial charge on any atom is 0.248 e. The van der Waals surface area contributed by atoms with E-state index in [0.717, 1.165) is 6.42 Å². The molecule has 7 heteroatoms. The molecule has 0 unspecified atom stereocenters. The number of anilines is 1. The molecule has 1 heterocycles. The molecule has 1 rings (SSSR count). The Labute approximate surface area is 109 Å². The molecule has 0 bridgehead atoms. The molecule has 6 nitrogen and oxygen atoms in total. The van der Waals surface area contributed by atoms with Crippen LogP contribution < -0.4 is 5.73 Å². The van der Waals surface area contributed by atoms with Crippen LogP contribution in [0.25, 0.3) is 0 Å². The Morgan fingerprint density at radius 2 is 2.00 bits per heavy atom. The van der Waals surface area contributed by atoms with Gasteiger partial charge >= 0.3 is 0 Å². The minimum atomic E-state index is -3.55. The van der Waals surface area contributed by atoms with E-state index in [1.54, 1.807) is 21.0 Å². The maximum absolute atomic E-state index is 12.4. The van der Waals surface area contributed by atoms with Crippen molar-refractivity contribution in [2.24, 2.45) is 13.0 Å². The third-order valence-electron chi connectivity index (χ3n) is 2.99. The third-order valence-corrected chi connectivity index (χ3v) is 5.02. The van der Waals surface area contributed by atoms with Crippen molar-refractivity contribution in [3.63, 3.8) is 0 Å². The first-order valence-corrected chi connectivity index (χ1v) is 7.37. The van der Waals surface area contributed by atoms with E-state index in [1.165, 1.54) is 8.99 Å². The molecule has 104 valence electrons. The van der Waals surface area contributed by atoms with E-state index in [2.05, 4.69) is 18.9 Å². The topological polar surface area (TPSA) is 81.2 Å². The Balaban J connectivity index is 3.06. The summed E-state index contributed by atoms with van der Waals surface area (Å²) in [5, 5.41) is 3.94. The van der Waals surface area contributed by atoms with Gasteiger partial charge in [-0.15, -0.1) is 0 Å². The van der Waals surface area contributed by atoms with Gasteiger partial charge in [0.05, 0.1) is 5.69 Å². The fraction of sp³-hybridized carbons (Fsp3) is 0.727. The lowest BCUT2D eigenvalue weighted by Crippen LogP contribution is -2.29. The molecule has 2 N–H and O–H groups in total. The molecule has 0 spiro atoms. The van der Waals surface area contributed by atoms with Crippen molar-refractivity contribution in [1.29, 1.82) is 0 Å². The third kappa shape index (κ3) is 2.84. The van der Waals surface area contributed by atoms with Gasteiger partial charge in [0.2, 0.25) is 10.0 Å². The summed E-state index contributed by atoms with van der Waals surface area (Å²) in [5.41, 5.74) is 6.24. The van der Waals surface area contributed by atoms with Gasteiger partial charge < -0.3 is 5.73 Å². The second kappa shape index (κ2) is 5.27. The van der Waals surface area contributed by atoms with E-state index >= 15 is 0 Å². The lowest BCUT2D eigenvalue weighted by molar-refractivity contribution is 0.428. The average molecular weight is 274 g/mol. The van der Waals surface area contributed by atoms with Gasteiger partial charge in [-0.1, -0.05) is 13.8 Å². The summed E-state index contributed by atoms with van der Waals surface area (Å²) in [4.78, 5) is 0.122. The van der Waals surface area contributed by atoms with Gasteiger partial charge in [-0.25, -0.2) is 12.7 Å². The Morgan fingerprint density at radius 3 is 2.39 bits per heavy atom. The van der Waals surface area contributed by atoms with Crippen molar-refractivity contribution in [3.05, 3.63) is 5.69 Å². The fourth-order valence-corrected chi connectivity index (χ4v) is 3.12. The minimum absolute atomic E-state index is 0.0615. The zero-order chi connectivity index (χ0) is 14.1. The smallest absolute Gasteiger partial charge is 0.248 e. The lowest BCUT2D eigenvalue weighted by Gasteiger charge is -2.18. The number of nitrogen functional groups attached to an aromatic ring is 1. The highest BCUT2D eigenvalue weighted by molar-refractivity contribution is 7.89. The van der Waals surface area contributed by atoms with Crippen LogP contribution in [0.3, 0.4) is 0 Å². The number of aryl methyl sites for hydroxylation is 1. The van der Waals surface area contributed by atoms with E-state index in [9.17, 15) is 8.42 Å². The fourth-order valence-electron chi connectivity index (χ4n) is 1.65. The van der Waals surface area contributed by atoms with Crippen LogP contribution >= 0.6 is 0 Å². The van der Waals surface area contributed by atoms with E-state index < -0.39 is 10.0 Å². The molecule has 0 radical (unpaired) electrons. The van der Waals surface area contributed by atoms with Crippen molar-refractivity contribution >= 4 is 15.8 Å². The van der Waals surface area contributed by atoms with E-state index in [4.69, 9.17) is 5.73 Å². The molecule has 18 heavy (non-hydrogen) atoms. The summed E-state index contributed by atoms with van der Waals surface area (Å²) in [6.07, 6.45) is 0.814. The molecule has 0 fully saturated rings. The Bertz CT molecular complexity index is 519. The number of nitrogens with zero attached hydrogens (tertiary/aromatic N) is 3. The largest absolute Gasteiger partial charge is 0.381 e. The first-order chi connectivity index (χ1) is 8.17. The van der Waals surface area contributed by atoms with Crippen LogP contribution in [0.4, 0.5) is 5.82 Å². The second-order valence-corrected chi connectivity index (χ2v) is 6.91. The quantitative estimate of drug-likeness (QED) is 0.867. The molecule has 0 saturated heterocycles. The summed E-state index contributed by atoms with van der Waals surface area (Å²) in [6.45, 7) is 6.30. The van der Waals surface area contributed by atoms with Crippen molar-refractivity contribution in [2.45, 2.75) is 32.1 Å². The van der Waals surface area contributed by atoms with Crippen LogP contribution in [0.5, 0.6) is 0 Å². The maximum atomic E-state index is 12.4. The van der Waals surface area contributed by atoms with Crippen LogP contribution in [-0.4, -0.2) is 36.1 Å². The van der Waals surface area contributed by atoms with Crippen LogP contribution in [0, 0.1) is 12.8 Å². The number of aromatic nitrogens is 2. The van der Waals surface area contributed by atoms with Crippen molar-refractivity contribution in [2.75, 3.05) is 19.3 Å². The standard InChI is InChI=1S/C11H22N4O2S/c1-8(2)6-7-14(4)18(16,17)10-9(3)15(5)13-11(10)12/h8H,6-7H2,1-5H3,(H2,12,13). The highest BCUT2D eigenvalue weighted by atomic mass is 32.2. The lowest BCUT2D eigenvalue weighted by atomic mass is 10.1. The molecule has 0 atom stereocenters. The number of nitrogens with two attached hydrogens (primary N) is 1. The van der Waals surface area contributed by atoms with E-state index in [0.29, 0.717) is 18.2 Å². The summed E-state index contributed by atoms with van der Waals surface area (Å²) in [5.74, 6) is 0.515. The highest BCUT2D eigenvalue weighted by Crippen LogP contribution is 2.24. The number of sulfonamides is 1. The normalized spacial score (nSPS) is 12.6. The van der Waals surface area contributed by atoms with Crippen molar-refractivity contribution < 1.29 is 8.42 Å². The molecular weight excluding hydrogens is 252 g/mol. The molecule has 0 aromatic carbocycles. The summed E-state index contributed by atoms with van der Waals surface area (Å²) in [6, 6.07) is 0.